The largest absolute Gasteiger partial charge is 0.381 e. The van der Waals surface area contributed by atoms with Crippen molar-refractivity contribution in [2.24, 2.45) is 0 Å². The van der Waals surface area contributed by atoms with Crippen molar-refractivity contribution in [3.8, 4) is 11.3 Å². The molecule has 1 N–H and O–H groups in total. The Morgan fingerprint density at radius 1 is 1.20 bits per heavy atom. The summed E-state index contributed by atoms with van der Waals surface area (Å²) in [4.78, 5) is 13.4. The van der Waals surface area contributed by atoms with Gasteiger partial charge in [0, 0.05) is 31.0 Å². The number of pyridine rings is 1. The van der Waals surface area contributed by atoms with Gasteiger partial charge in [0.1, 0.15) is 11.3 Å². The molecule has 4 aromatic rings. The van der Waals surface area contributed by atoms with Crippen molar-refractivity contribution in [2.45, 2.75) is 38.8 Å². The zero-order chi connectivity index (χ0) is 20.7. The summed E-state index contributed by atoms with van der Waals surface area (Å²) < 4.78 is 34.6. The van der Waals surface area contributed by atoms with Crippen LogP contribution >= 0.6 is 0 Å². The third-order valence-electron chi connectivity index (χ3n) is 5.35. The number of nitrogens with zero attached hydrogens (tertiary/aromatic N) is 6. The van der Waals surface area contributed by atoms with E-state index in [0.29, 0.717) is 34.7 Å². The first-order valence-electron chi connectivity index (χ1n) is 9.89. The van der Waals surface area contributed by atoms with E-state index in [2.05, 4.69) is 25.4 Å². The lowest BCUT2D eigenvalue weighted by atomic mass is 10.1. The summed E-state index contributed by atoms with van der Waals surface area (Å²) in [7, 11) is 0. The van der Waals surface area contributed by atoms with Crippen LogP contribution in [0.5, 0.6) is 0 Å². The maximum absolute atomic E-state index is 13.0. The average Bonchev–Trinajstić information content (AvgIpc) is 3.29. The third kappa shape index (κ3) is 3.47. The molecule has 0 spiro atoms. The molecule has 1 aliphatic rings. The lowest BCUT2D eigenvalue weighted by Crippen LogP contribution is -2.28. The fourth-order valence-electron chi connectivity index (χ4n) is 3.83. The van der Waals surface area contributed by atoms with Gasteiger partial charge in [0.15, 0.2) is 5.65 Å². The minimum Gasteiger partial charge on any atom is -0.381 e. The van der Waals surface area contributed by atoms with Crippen LogP contribution in [0, 0.1) is 6.92 Å². The van der Waals surface area contributed by atoms with Gasteiger partial charge in [0.2, 0.25) is 5.95 Å². The molecule has 30 heavy (non-hydrogen) atoms. The van der Waals surface area contributed by atoms with Crippen LogP contribution in [-0.2, 0) is 11.3 Å². The van der Waals surface area contributed by atoms with E-state index in [1.165, 1.54) is 4.57 Å². The summed E-state index contributed by atoms with van der Waals surface area (Å²) in [5, 5.41) is 7.90. The highest BCUT2D eigenvalue weighted by molar-refractivity contribution is 5.82. The van der Waals surface area contributed by atoms with E-state index in [9.17, 15) is 8.78 Å². The quantitative estimate of drug-likeness (QED) is 0.541. The summed E-state index contributed by atoms with van der Waals surface area (Å²) in [5.41, 5.74) is 3.32. The van der Waals surface area contributed by atoms with Gasteiger partial charge in [-0.25, -0.2) is 28.2 Å². The lowest BCUT2D eigenvalue weighted by molar-refractivity contribution is 0.0903. The first-order valence-corrected chi connectivity index (χ1v) is 9.89. The van der Waals surface area contributed by atoms with Gasteiger partial charge in [0.25, 0.3) is 6.43 Å². The Hall–Kier alpha value is -3.14. The van der Waals surface area contributed by atoms with Crippen LogP contribution in [0.4, 0.5) is 14.7 Å². The van der Waals surface area contributed by atoms with Gasteiger partial charge in [-0.1, -0.05) is 0 Å². The van der Waals surface area contributed by atoms with Gasteiger partial charge in [-0.3, -0.25) is 0 Å². The number of hydrogen-bond donors (Lipinski definition) is 1. The summed E-state index contributed by atoms with van der Waals surface area (Å²) in [5.74, 6) is 1.08. The number of imidazole rings is 1. The van der Waals surface area contributed by atoms with Gasteiger partial charge < -0.3 is 14.6 Å². The van der Waals surface area contributed by atoms with E-state index in [-0.39, 0.29) is 0 Å². The summed E-state index contributed by atoms with van der Waals surface area (Å²) in [6.45, 7) is 2.75. The molecule has 0 bridgehead atoms. The van der Waals surface area contributed by atoms with Gasteiger partial charge in [0.05, 0.1) is 24.0 Å². The van der Waals surface area contributed by atoms with Crippen molar-refractivity contribution in [1.82, 2.24) is 29.1 Å². The Bertz CT molecular complexity index is 1200. The Morgan fingerprint density at radius 3 is 2.83 bits per heavy atom. The van der Waals surface area contributed by atoms with Gasteiger partial charge >= 0.3 is 0 Å². The maximum atomic E-state index is 13.0. The molecule has 0 atom stereocenters. The number of fused-ring (bicyclic) bond motifs is 2. The highest BCUT2D eigenvalue weighted by Crippen LogP contribution is 2.26. The zero-order valence-corrected chi connectivity index (χ0v) is 16.4. The molecular weight excluding hydrogens is 392 g/mol. The zero-order valence-electron chi connectivity index (χ0n) is 16.4. The molecule has 0 radical (unpaired) electrons. The summed E-state index contributed by atoms with van der Waals surface area (Å²) >= 11 is 0. The maximum Gasteiger partial charge on any atom is 0.256 e. The second-order valence-corrected chi connectivity index (χ2v) is 7.37. The monoisotopic (exact) mass is 413 g/mol. The van der Waals surface area contributed by atoms with Crippen molar-refractivity contribution in [2.75, 3.05) is 18.5 Å². The number of halogens is 2. The topological polar surface area (TPSA) is 82.2 Å². The SMILES string of the molecule is Cc1nc2ccc(-c3ccn4nc(NC5CCOCC5)ncc34)nc2n1CC(F)F. The van der Waals surface area contributed by atoms with Crippen LogP contribution in [0.3, 0.4) is 0 Å². The van der Waals surface area contributed by atoms with Crippen molar-refractivity contribution >= 4 is 22.6 Å². The van der Waals surface area contributed by atoms with Crippen LogP contribution in [0.15, 0.2) is 30.6 Å². The van der Waals surface area contributed by atoms with Crippen molar-refractivity contribution in [1.29, 1.82) is 0 Å². The average molecular weight is 413 g/mol. The Kier molecular flexibility index (Phi) is 4.78. The van der Waals surface area contributed by atoms with Crippen molar-refractivity contribution < 1.29 is 13.5 Å². The van der Waals surface area contributed by atoms with E-state index in [4.69, 9.17) is 4.74 Å². The fraction of sp³-hybridized carbons (Fsp3) is 0.400. The Morgan fingerprint density at radius 2 is 2.03 bits per heavy atom. The van der Waals surface area contributed by atoms with Crippen LogP contribution in [0.2, 0.25) is 0 Å². The van der Waals surface area contributed by atoms with Crippen molar-refractivity contribution in [3.05, 3.63) is 36.4 Å². The molecule has 5 rings (SSSR count). The van der Waals surface area contributed by atoms with E-state index < -0.39 is 13.0 Å². The molecule has 1 fully saturated rings. The summed E-state index contributed by atoms with van der Waals surface area (Å²) in [6.07, 6.45) is 2.96. The normalized spacial score (nSPS) is 15.5. The number of nitrogens with one attached hydrogen (secondary N) is 1. The highest BCUT2D eigenvalue weighted by Gasteiger charge is 2.17. The first-order chi connectivity index (χ1) is 14.6. The number of alkyl halides is 2. The molecular formula is C20H21F2N7O. The van der Waals surface area contributed by atoms with Gasteiger partial charge in [-0.2, -0.15) is 0 Å². The molecule has 0 saturated carbocycles. The predicted octanol–water partition coefficient (Wildman–Crippen LogP) is 3.31. The smallest absolute Gasteiger partial charge is 0.256 e. The number of ether oxygens (including phenoxy) is 1. The van der Waals surface area contributed by atoms with E-state index in [1.807, 2.05) is 18.3 Å². The fourth-order valence-corrected chi connectivity index (χ4v) is 3.83. The minimum atomic E-state index is -2.48. The number of anilines is 1. The number of rotatable bonds is 5. The molecule has 10 heteroatoms. The molecule has 1 aliphatic heterocycles. The van der Waals surface area contributed by atoms with Crippen LogP contribution < -0.4 is 5.32 Å². The Labute approximate surface area is 170 Å². The first kappa shape index (κ1) is 18.9. The molecule has 8 nitrogen and oxygen atoms in total. The van der Waals surface area contributed by atoms with Crippen molar-refractivity contribution in [3.63, 3.8) is 0 Å². The molecule has 4 aromatic heterocycles. The van der Waals surface area contributed by atoms with E-state index in [0.717, 1.165) is 37.1 Å². The molecule has 1 saturated heterocycles. The second-order valence-electron chi connectivity index (χ2n) is 7.37. The number of aryl methyl sites for hydroxylation is 1. The van der Waals surface area contributed by atoms with Crippen LogP contribution in [0.25, 0.3) is 27.9 Å². The molecule has 5 heterocycles. The molecule has 0 aromatic carbocycles. The van der Waals surface area contributed by atoms with Gasteiger partial charge in [-0.15, -0.1) is 5.10 Å². The minimum absolute atomic E-state index is 0.300. The number of hydrogen-bond acceptors (Lipinski definition) is 6. The highest BCUT2D eigenvalue weighted by atomic mass is 19.3. The standard InChI is InChI=1S/C20H21F2N7O/c1-12-24-16-3-2-15(26-19(16)28(12)11-18(21)22)14-4-7-29-17(14)10-23-20(27-29)25-13-5-8-30-9-6-13/h2-4,7,10,13,18H,5-6,8-9,11H2,1H3,(H,25,27). The molecule has 156 valence electrons. The Balaban J connectivity index is 1.49. The van der Waals surface area contributed by atoms with E-state index >= 15 is 0 Å². The molecule has 0 aliphatic carbocycles. The van der Waals surface area contributed by atoms with Gasteiger partial charge in [-0.05, 0) is 38.0 Å². The second kappa shape index (κ2) is 7.60. The molecule has 0 amide bonds. The number of aromatic nitrogens is 6. The van der Waals surface area contributed by atoms with Crippen LogP contribution in [0.1, 0.15) is 18.7 Å². The summed E-state index contributed by atoms with van der Waals surface area (Å²) in [6, 6.07) is 5.84. The van der Waals surface area contributed by atoms with Crippen LogP contribution in [-0.4, -0.2) is 54.8 Å². The molecule has 0 unspecified atom stereocenters. The third-order valence-corrected chi connectivity index (χ3v) is 5.35. The van der Waals surface area contributed by atoms with E-state index in [1.54, 1.807) is 23.7 Å². The lowest BCUT2D eigenvalue weighted by Gasteiger charge is -2.22. The predicted molar refractivity (Wildman–Crippen MR) is 108 cm³/mol.